The first-order chi connectivity index (χ1) is 23.7. The predicted molar refractivity (Wildman–Crippen MR) is 185 cm³/mol. The molecule has 5 rings (SSSR count). The highest BCUT2D eigenvalue weighted by molar-refractivity contribution is 7.99. The Bertz CT molecular complexity index is 1610. The van der Waals surface area contributed by atoms with E-state index < -0.39 is 12.1 Å². The van der Waals surface area contributed by atoms with E-state index in [-0.39, 0.29) is 62.0 Å². The number of hydrogen-bond donors (Lipinski definition) is 3. The van der Waals surface area contributed by atoms with Crippen LogP contribution in [0.15, 0.2) is 53.4 Å². The lowest BCUT2D eigenvalue weighted by Crippen LogP contribution is -2.48. The summed E-state index contributed by atoms with van der Waals surface area (Å²) in [5, 5.41) is 13.4. The molecule has 2 aromatic carbocycles. The van der Waals surface area contributed by atoms with Crippen molar-refractivity contribution in [2.75, 3.05) is 38.6 Å². The van der Waals surface area contributed by atoms with Crippen LogP contribution in [0.1, 0.15) is 58.3 Å². The summed E-state index contributed by atoms with van der Waals surface area (Å²) >= 11 is 1.55. The normalized spacial score (nSPS) is 19.3. The van der Waals surface area contributed by atoms with Crippen molar-refractivity contribution in [2.24, 2.45) is 5.92 Å². The fourth-order valence-electron chi connectivity index (χ4n) is 5.69. The van der Waals surface area contributed by atoms with Gasteiger partial charge in [0, 0.05) is 48.7 Å². The summed E-state index contributed by atoms with van der Waals surface area (Å²) in [4.78, 5) is 60.5. The van der Waals surface area contributed by atoms with E-state index in [0.29, 0.717) is 61.5 Å². The monoisotopic (exact) mass is 691 g/mol. The van der Waals surface area contributed by atoms with Crippen LogP contribution in [0.4, 0.5) is 0 Å². The Labute approximate surface area is 290 Å². The van der Waals surface area contributed by atoms with E-state index in [4.69, 9.17) is 14.5 Å². The van der Waals surface area contributed by atoms with Gasteiger partial charge in [-0.3, -0.25) is 19.2 Å². The van der Waals surface area contributed by atoms with Gasteiger partial charge in [-0.1, -0.05) is 44.2 Å². The van der Waals surface area contributed by atoms with Crippen molar-refractivity contribution < 1.29 is 28.7 Å². The maximum absolute atomic E-state index is 13.5. The van der Waals surface area contributed by atoms with Gasteiger partial charge in [-0.15, -0.1) is 11.8 Å². The Morgan fingerprint density at radius 2 is 1.78 bits per heavy atom. The van der Waals surface area contributed by atoms with Gasteiger partial charge in [0.25, 0.3) is 0 Å². The smallest absolute Gasteiger partial charge is 0.243 e. The van der Waals surface area contributed by atoms with E-state index in [1.165, 1.54) is 4.68 Å². The number of aromatic nitrogens is 3. The zero-order chi connectivity index (χ0) is 34.8. The highest BCUT2D eigenvalue weighted by Gasteiger charge is 2.27. The first-order valence-electron chi connectivity index (χ1n) is 16.8. The zero-order valence-corrected chi connectivity index (χ0v) is 29.1. The summed E-state index contributed by atoms with van der Waals surface area (Å²) in [5.74, 6) is 1.97. The second-order valence-electron chi connectivity index (χ2n) is 12.5. The summed E-state index contributed by atoms with van der Waals surface area (Å²) in [5.41, 5.74) is 0.773. The molecule has 0 radical (unpaired) electrons. The number of carbonyl (C=O) groups is 4. The molecule has 0 aliphatic carbocycles. The third kappa shape index (κ3) is 10.2. The van der Waals surface area contributed by atoms with E-state index >= 15 is 0 Å². The molecule has 4 amide bonds. The van der Waals surface area contributed by atoms with Crippen molar-refractivity contribution in [1.29, 1.82) is 0 Å². The van der Waals surface area contributed by atoms with Crippen LogP contribution in [-0.2, 0) is 25.7 Å². The highest BCUT2D eigenvalue weighted by Crippen LogP contribution is 2.34. The molecule has 262 valence electrons. The number of fused-ring (bicyclic) bond motifs is 2. The fourth-order valence-corrected chi connectivity index (χ4v) is 6.56. The number of ether oxygens (including phenoxy) is 2. The Morgan fingerprint density at radius 1 is 1.00 bits per heavy atom. The quantitative estimate of drug-likeness (QED) is 0.316. The first-order valence-corrected chi connectivity index (χ1v) is 17.8. The minimum atomic E-state index is -0.755. The Kier molecular flexibility index (Phi) is 12.5. The average molecular weight is 692 g/mol. The molecule has 3 aromatic rings. The number of nitrogens with one attached hydrogen (secondary N) is 3. The molecule has 2 aliphatic rings. The van der Waals surface area contributed by atoms with E-state index in [1.807, 2.05) is 62.4 Å². The second-order valence-corrected chi connectivity index (χ2v) is 13.7. The topological polar surface area (TPSA) is 157 Å². The Balaban J connectivity index is 1.29. The largest absolute Gasteiger partial charge is 0.486 e. The molecular formula is C35H45N7O6S. The molecule has 1 aromatic heterocycles. The van der Waals surface area contributed by atoms with Gasteiger partial charge in [0.1, 0.15) is 31.6 Å². The van der Waals surface area contributed by atoms with Crippen LogP contribution < -0.4 is 25.4 Å². The zero-order valence-electron chi connectivity index (χ0n) is 28.3. The standard InChI is InChI=1S/C35H45N7O6S/c1-23(2)20-27-35(46)37-24(3)34-39-33(25-8-5-4-6-9-25)40-42(34)22-31(44)36-14-16-41(15-7-10-30(43)38-27)32(45)13-19-49-26-11-12-28-29(21-26)48-18-17-47-28/h4-6,8-9,11-12,21,23-24,27H,7,10,13-20,22H2,1-3H3,(H,36,44)(H,37,46)(H,38,43)/t24-,27+/m0/s1. The van der Waals surface area contributed by atoms with Crippen molar-refractivity contribution in [1.82, 2.24) is 35.6 Å². The molecule has 2 aliphatic heterocycles. The minimum Gasteiger partial charge on any atom is -0.486 e. The second kappa shape index (κ2) is 17.2. The lowest BCUT2D eigenvalue weighted by Gasteiger charge is -2.24. The summed E-state index contributed by atoms with van der Waals surface area (Å²) in [7, 11) is 0. The van der Waals surface area contributed by atoms with Gasteiger partial charge < -0.3 is 30.3 Å². The van der Waals surface area contributed by atoms with Gasteiger partial charge in [0.15, 0.2) is 17.3 Å². The van der Waals surface area contributed by atoms with E-state index in [9.17, 15) is 19.2 Å². The molecule has 0 saturated heterocycles. The Morgan fingerprint density at radius 3 is 2.55 bits per heavy atom. The maximum Gasteiger partial charge on any atom is 0.243 e. The summed E-state index contributed by atoms with van der Waals surface area (Å²) in [6, 6.07) is 13.8. The van der Waals surface area contributed by atoms with E-state index in [0.717, 1.165) is 10.5 Å². The molecule has 3 N–H and O–H groups in total. The van der Waals surface area contributed by atoms with Crippen molar-refractivity contribution in [3.63, 3.8) is 0 Å². The van der Waals surface area contributed by atoms with E-state index in [1.54, 1.807) is 23.6 Å². The van der Waals surface area contributed by atoms with Crippen molar-refractivity contribution in [3.8, 4) is 22.9 Å². The SMILES string of the molecule is CC(C)C[C@H]1NC(=O)CCCN(C(=O)CCSc2ccc3c(c2)OCCO3)CCNC(=O)Cn2nc(-c3ccccc3)nc2[C@H](C)NC1=O. The number of thioether (sulfide) groups is 1. The predicted octanol–water partition coefficient (Wildman–Crippen LogP) is 3.35. The lowest BCUT2D eigenvalue weighted by atomic mass is 10.0. The van der Waals surface area contributed by atoms with Gasteiger partial charge in [0.2, 0.25) is 23.6 Å². The van der Waals surface area contributed by atoms with Crippen LogP contribution in [0, 0.1) is 5.92 Å². The number of hydrogen-bond acceptors (Lipinski definition) is 9. The number of carbonyl (C=O) groups excluding carboxylic acids is 4. The molecule has 0 saturated carbocycles. The van der Waals surface area contributed by atoms with Gasteiger partial charge in [-0.25, -0.2) is 9.67 Å². The molecule has 14 heteroatoms. The van der Waals surface area contributed by atoms with Crippen LogP contribution in [0.2, 0.25) is 0 Å². The molecule has 0 bridgehead atoms. The van der Waals surface area contributed by atoms with Crippen LogP contribution in [0.5, 0.6) is 11.5 Å². The average Bonchev–Trinajstić information content (AvgIpc) is 3.50. The van der Waals surface area contributed by atoms with Crippen LogP contribution in [0.25, 0.3) is 11.4 Å². The van der Waals surface area contributed by atoms with E-state index in [2.05, 4.69) is 21.0 Å². The minimum absolute atomic E-state index is 0.0745. The summed E-state index contributed by atoms with van der Waals surface area (Å²) in [6.45, 7) is 7.51. The third-order valence-corrected chi connectivity index (χ3v) is 9.11. The number of benzene rings is 2. The van der Waals surface area contributed by atoms with Crippen LogP contribution in [-0.4, -0.2) is 87.9 Å². The molecule has 49 heavy (non-hydrogen) atoms. The fraction of sp³-hybridized carbons (Fsp3) is 0.486. The number of rotatable bonds is 7. The number of nitrogens with zero attached hydrogens (tertiary/aromatic N) is 4. The van der Waals surface area contributed by atoms with Gasteiger partial charge in [-0.2, -0.15) is 5.10 Å². The first kappa shape index (κ1) is 35.7. The highest BCUT2D eigenvalue weighted by atomic mass is 32.2. The molecule has 0 fully saturated rings. The van der Waals surface area contributed by atoms with Gasteiger partial charge in [0.05, 0.1) is 6.04 Å². The Hall–Kier alpha value is -4.59. The third-order valence-electron chi connectivity index (χ3n) is 8.12. The molecule has 3 heterocycles. The summed E-state index contributed by atoms with van der Waals surface area (Å²) < 4.78 is 12.8. The maximum atomic E-state index is 13.5. The van der Waals surface area contributed by atoms with Gasteiger partial charge >= 0.3 is 0 Å². The lowest BCUT2D eigenvalue weighted by molar-refractivity contribution is -0.132. The van der Waals surface area contributed by atoms with Crippen LogP contribution >= 0.6 is 11.8 Å². The molecular weight excluding hydrogens is 646 g/mol. The van der Waals surface area contributed by atoms with Crippen molar-refractivity contribution >= 4 is 35.4 Å². The van der Waals surface area contributed by atoms with Crippen molar-refractivity contribution in [3.05, 3.63) is 54.4 Å². The molecule has 13 nitrogen and oxygen atoms in total. The molecule has 0 unspecified atom stereocenters. The molecule has 2 atom stereocenters. The summed E-state index contributed by atoms with van der Waals surface area (Å²) in [6.07, 6.45) is 1.28. The van der Waals surface area contributed by atoms with Crippen LogP contribution in [0.3, 0.4) is 0 Å². The van der Waals surface area contributed by atoms with Crippen molar-refractivity contribution in [2.45, 2.75) is 70.0 Å². The van der Waals surface area contributed by atoms with Gasteiger partial charge in [-0.05, 0) is 43.9 Å². The molecule has 0 spiro atoms. The number of amides is 4.